The number of thioether (sulfide) groups is 1. The van der Waals surface area contributed by atoms with E-state index in [0.717, 1.165) is 16.8 Å². The summed E-state index contributed by atoms with van der Waals surface area (Å²) in [5, 5.41) is 0.692. The van der Waals surface area contributed by atoms with Crippen LogP contribution in [0.3, 0.4) is 0 Å². The zero-order valence-corrected chi connectivity index (χ0v) is 13.3. The Balaban J connectivity index is 2.19. The molecule has 3 rings (SSSR count). The van der Waals surface area contributed by atoms with E-state index in [1.54, 1.807) is 10.6 Å². The topological polar surface area (TPSA) is 34.9 Å². The molecule has 1 aromatic heterocycles. The first-order chi connectivity index (χ1) is 10.7. The molecule has 22 heavy (non-hydrogen) atoms. The van der Waals surface area contributed by atoms with Gasteiger partial charge < -0.3 is 0 Å². The normalized spacial score (nSPS) is 10.6. The summed E-state index contributed by atoms with van der Waals surface area (Å²) >= 11 is 1.47. The Labute approximate surface area is 133 Å². The van der Waals surface area contributed by atoms with Crippen molar-refractivity contribution in [1.82, 2.24) is 9.55 Å². The van der Waals surface area contributed by atoms with Crippen molar-refractivity contribution in [2.24, 2.45) is 0 Å². The molecule has 0 atom stereocenters. The average Bonchev–Trinajstić information content (AvgIpc) is 2.54. The van der Waals surface area contributed by atoms with Crippen molar-refractivity contribution in [2.75, 3.05) is 6.26 Å². The highest BCUT2D eigenvalue weighted by molar-refractivity contribution is 7.98. The molecule has 0 radical (unpaired) electrons. The molecule has 2 aromatic carbocycles. The van der Waals surface area contributed by atoms with Gasteiger partial charge in [-0.05, 0) is 30.9 Å². The van der Waals surface area contributed by atoms with Crippen LogP contribution in [0.15, 0.2) is 70.6 Å². The molecule has 0 saturated heterocycles. The van der Waals surface area contributed by atoms with Gasteiger partial charge >= 0.3 is 0 Å². The van der Waals surface area contributed by atoms with Crippen LogP contribution in [0.25, 0.3) is 16.9 Å². The first-order valence-corrected chi connectivity index (χ1v) is 8.22. The van der Waals surface area contributed by atoms with E-state index in [1.165, 1.54) is 11.8 Å². The van der Waals surface area contributed by atoms with E-state index in [4.69, 9.17) is 0 Å². The minimum absolute atomic E-state index is 0.0659. The van der Waals surface area contributed by atoms with Gasteiger partial charge in [-0.2, -0.15) is 0 Å². The fraction of sp³-hybridized carbons (Fsp3) is 0.111. The van der Waals surface area contributed by atoms with Gasteiger partial charge in [0.2, 0.25) is 0 Å². The lowest BCUT2D eigenvalue weighted by Gasteiger charge is -2.12. The first-order valence-electron chi connectivity index (χ1n) is 6.99. The number of benzene rings is 2. The summed E-state index contributed by atoms with van der Waals surface area (Å²) in [4.78, 5) is 17.3. The van der Waals surface area contributed by atoms with Crippen molar-refractivity contribution in [3.63, 3.8) is 0 Å². The van der Waals surface area contributed by atoms with Crippen molar-refractivity contribution >= 4 is 11.8 Å². The van der Waals surface area contributed by atoms with Crippen LogP contribution in [0, 0.1) is 6.92 Å². The molecule has 0 bridgehead atoms. The zero-order valence-electron chi connectivity index (χ0n) is 12.5. The number of aromatic nitrogens is 2. The largest absolute Gasteiger partial charge is 0.269 e. The quantitative estimate of drug-likeness (QED) is 0.543. The van der Waals surface area contributed by atoms with E-state index in [2.05, 4.69) is 4.98 Å². The van der Waals surface area contributed by atoms with E-state index in [9.17, 15) is 4.79 Å². The molecule has 0 spiro atoms. The third-order valence-electron chi connectivity index (χ3n) is 3.40. The number of hydrogen-bond donors (Lipinski definition) is 0. The lowest BCUT2D eigenvalue weighted by molar-refractivity contribution is 0.801. The number of rotatable bonds is 3. The Morgan fingerprint density at radius 1 is 1.00 bits per heavy atom. The van der Waals surface area contributed by atoms with E-state index in [-0.39, 0.29) is 5.56 Å². The second kappa shape index (κ2) is 6.20. The van der Waals surface area contributed by atoms with Crippen LogP contribution in [0.5, 0.6) is 0 Å². The maximum atomic E-state index is 12.6. The Hall–Kier alpha value is -2.33. The predicted molar refractivity (Wildman–Crippen MR) is 91.8 cm³/mol. The number of nitrogens with zero attached hydrogens (tertiary/aromatic N) is 2. The SMILES string of the molecule is CSc1nc(-c2ccccc2)cc(=O)n1-c1cccc(C)c1. The Morgan fingerprint density at radius 3 is 2.45 bits per heavy atom. The highest BCUT2D eigenvalue weighted by atomic mass is 32.2. The van der Waals surface area contributed by atoms with Crippen molar-refractivity contribution in [3.05, 3.63) is 76.6 Å². The van der Waals surface area contributed by atoms with Crippen LogP contribution in [-0.2, 0) is 0 Å². The monoisotopic (exact) mass is 308 g/mol. The summed E-state index contributed by atoms with van der Waals surface area (Å²) in [5.74, 6) is 0. The second-order valence-electron chi connectivity index (χ2n) is 5.01. The summed E-state index contributed by atoms with van der Waals surface area (Å²) in [6.45, 7) is 2.01. The maximum absolute atomic E-state index is 12.6. The molecule has 110 valence electrons. The third-order valence-corrected chi connectivity index (χ3v) is 4.04. The molecule has 0 aliphatic carbocycles. The van der Waals surface area contributed by atoms with E-state index < -0.39 is 0 Å². The van der Waals surface area contributed by atoms with E-state index >= 15 is 0 Å². The molecular weight excluding hydrogens is 292 g/mol. The fourth-order valence-electron chi connectivity index (χ4n) is 2.36. The molecule has 4 heteroatoms. The second-order valence-corrected chi connectivity index (χ2v) is 5.78. The first kappa shape index (κ1) is 14.6. The van der Waals surface area contributed by atoms with E-state index in [0.29, 0.717) is 10.9 Å². The van der Waals surface area contributed by atoms with Crippen LogP contribution in [-0.4, -0.2) is 15.8 Å². The highest BCUT2D eigenvalue weighted by Gasteiger charge is 2.11. The molecule has 0 aliphatic heterocycles. The summed E-state index contributed by atoms with van der Waals surface area (Å²) in [6.07, 6.45) is 1.93. The lowest BCUT2D eigenvalue weighted by atomic mass is 10.1. The molecule has 3 nitrogen and oxygen atoms in total. The van der Waals surface area contributed by atoms with E-state index in [1.807, 2.05) is 67.8 Å². The van der Waals surface area contributed by atoms with Gasteiger partial charge in [0, 0.05) is 11.6 Å². The standard InChI is InChI=1S/C18H16N2OS/c1-13-7-6-10-15(11-13)20-17(21)12-16(19-18(20)22-2)14-8-4-3-5-9-14/h3-12H,1-2H3. The summed E-state index contributed by atoms with van der Waals surface area (Å²) < 4.78 is 1.66. The van der Waals surface area contributed by atoms with Crippen LogP contribution in [0.1, 0.15) is 5.56 Å². The van der Waals surface area contributed by atoms with Gasteiger partial charge in [0.1, 0.15) is 0 Å². The van der Waals surface area contributed by atoms with Gasteiger partial charge in [-0.25, -0.2) is 4.98 Å². The van der Waals surface area contributed by atoms with Crippen LogP contribution in [0.4, 0.5) is 0 Å². The summed E-state index contributed by atoms with van der Waals surface area (Å²) in [5.41, 5.74) is 3.55. The number of hydrogen-bond acceptors (Lipinski definition) is 3. The minimum Gasteiger partial charge on any atom is -0.269 e. The van der Waals surface area contributed by atoms with Crippen molar-refractivity contribution in [1.29, 1.82) is 0 Å². The van der Waals surface area contributed by atoms with Crippen molar-refractivity contribution < 1.29 is 0 Å². The average molecular weight is 308 g/mol. The molecular formula is C18H16N2OS. The van der Waals surface area contributed by atoms with Gasteiger partial charge in [-0.1, -0.05) is 54.2 Å². The molecule has 0 aliphatic rings. The minimum atomic E-state index is -0.0659. The lowest BCUT2D eigenvalue weighted by Crippen LogP contribution is -2.21. The molecule has 0 N–H and O–H groups in total. The van der Waals surface area contributed by atoms with Crippen LogP contribution in [0.2, 0.25) is 0 Å². The number of aryl methyl sites for hydroxylation is 1. The molecule has 0 fully saturated rings. The van der Waals surface area contributed by atoms with Gasteiger partial charge in [-0.3, -0.25) is 9.36 Å². The van der Waals surface area contributed by atoms with Gasteiger partial charge in [0.05, 0.1) is 11.4 Å². The summed E-state index contributed by atoms with van der Waals surface area (Å²) in [6, 6.07) is 19.2. The smallest absolute Gasteiger partial charge is 0.259 e. The van der Waals surface area contributed by atoms with Gasteiger partial charge in [0.25, 0.3) is 5.56 Å². The highest BCUT2D eigenvalue weighted by Crippen LogP contribution is 2.21. The summed E-state index contributed by atoms with van der Waals surface area (Å²) in [7, 11) is 0. The molecule has 1 heterocycles. The Kier molecular flexibility index (Phi) is 4.11. The fourth-order valence-corrected chi connectivity index (χ4v) is 2.93. The van der Waals surface area contributed by atoms with Crippen molar-refractivity contribution in [3.8, 4) is 16.9 Å². The van der Waals surface area contributed by atoms with Gasteiger partial charge in [0.15, 0.2) is 5.16 Å². The molecule has 0 unspecified atom stereocenters. The third kappa shape index (κ3) is 2.83. The predicted octanol–water partition coefficient (Wildman–Crippen LogP) is 3.93. The van der Waals surface area contributed by atoms with Crippen molar-refractivity contribution in [2.45, 2.75) is 12.1 Å². The van der Waals surface area contributed by atoms with Crippen LogP contribution < -0.4 is 5.56 Å². The van der Waals surface area contributed by atoms with Gasteiger partial charge in [-0.15, -0.1) is 0 Å². The Bertz CT molecular complexity index is 856. The molecule has 3 aromatic rings. The Morgan fingerprint density at radius 2 is 1.77 bits per heavy atom. The maximum Gasteiger partial charge on any atom is 0.259 e. The van der Waals surface area contributed by atoms with Crippen LogP contribution >= 0.6 is 11.8 Å². The zero-order chi connectivity index (χ0) is 15.5. The molecule has 0 amide bonds. The molecule has 0 saturated carbocycles.